The summed E-state index contributed by atoms with van der Waals surface area (Å²) in [5, 5.41) is 17.8. The van der Waals surface area contributed by atoms with Gasteiger partial charge in [-0.25, -0.2) is 4.98 Å². The van der Waals surface area contributed by atoms with Crippen molar-refractivity contribution in [2.45, 2.75) is 13.0 Å². The molecule has 6 heteroatoms. The summed E-state index contributed by atoms with van der Waals surface area (Å²) in [7, 11) is 0. The molecule has 1 saturated heterocycles. The van der Waals surface area contributed by atoms with Crippen molar-refractivity contribution in [2.24, 2.45) is 5.92 Å². The maximum absolute atomic E-state index is 11.7. The summed E-state index contributed by atoms with van der Waals surface area (Å²) in [6, 6.07) is 5.35. The van der Waals surface area contributed by atoms with E-state index in [2.05, 4.69) is 4.98 Å². The first kappa shape index (κ1) is 12.0. The molecule has 0 spiro atoms. The van der Waals surface area contributed by atoms with E-state index in [0.29, 0.717) is 5.56 Å². The van der Waals surface area contributed by atoms with Gasteiger partial charge in [0.05, 0.1) is 5.92 Å². The van der Waals surface area contributed by atoms with Gasteiger partial charge in [-0.05, 0) is 6.07 Å². The lowest BCUT2D eigenvalue weighted by molar-refractivity contribution is -0.141. The number of aromatic nitrogens is 1. The Bertz CT molecular complexity index is 536. The Balaban J connectivity index is 2.13. The number of likely N-dealkylation sites (tertiary alicyclic amines) is 1. The molecule has 92 valence electrons. The number of pyridine rings is 1. The lowest BCUT2D eigenvalue weighted by Crippen LogP contribution is -2.26. The Hall–Kier alpha value is -2.42. The third-order valence-corrected chi connectivity index (χ3v) is 2.92. The van der Waals surface area contributed by atoms with E-state index in [1.165, 1.54) is 11.1 Å². The molecule has 0 saturated carbocycles. The molecule has 6 nitrogen and oxygen atoms in total. The zero-order chi connectivity index (χ0) is 13.1. The maximum Gasteiger partial charge on any atom is 0.308 e. The van der Waals surface area contributed by atoms with Gasteiger partial charge in [0.15, 0.2) is 0 Å². The highest BCUT2D eigenvalue weighted by atomic mass is 16.4. The van der Waals surface area contributed by atoms with Gasteiger partial charge in [-0.3, -0.25) is 9.59 Å². The van der Waals surface area contributed by atoms with Crippen molar-refractivity contribution in [3.63, 3.8) is 0 Å². The van der Waals surface area contributed by atoms with Crippen molar-refractivity contribution in [1.82, 2.24) is 9.88 Å². The zero-order valence-electron chi connectivity index (χ0n) is 9.54. The summed E-state index contributed by atoms with van der Waals surface area (Å²) < 4.78 is 0. The molecule has 1 N–H and O–H groups in total. The Morgan fingerprint density at radius 2 is 2.44 bits per heavy atom. The monoisotopic (exact) mass is 245 g/mol. The summed E-state index contributed by atoms with van der Waals surface area (Å²) in [6.07, 6.45) is 1.53. The Labute approximate surface area is 103 Å². The Morgan fingerprint density at radius 1 is 1.67 bits per heavy atom. The van der Waals surface area contributed by atoms with E-state index in [1.807, 2.05) is 6.07 Å². The molecular weight excluding hydrogens is 234 g/mol. The van der Waals surface area contributed by atoms with Gasteiger partial charge in [0.1, 0.15) is 11.8 Å². The van der Waals surface area contributed by atoms with Gasteiger partial charge < -0.3 is 10.0 Å². The van der Waals surface area contributed by atoms with Crippen LogP contribution in [-0.4, -0.2) is 33.4 Å². The lowest BCUT2D eigenvalue weighted by atomic mass is 10.1. The van der Waals surface area contributed by atoms with Crippen molar-refractivity contribution in [3.8, 4) is 6.07 Å². The summed E-state index contributed by atoms with van der Waals surface area (Å²) in [4.78, 5) is 27.8. The molecule has 1 fully saturated rings. The molecule has 1 aromatic heterocycles. The van der Waals surface area contributed by atoms with Crippen LogP contribution in [0.15, 0.2) is 18.3 Å². The minimum absolute atomic E-state index is 0.0253. The van der Waals surface area contributed by atoms with Crippen LogP contribution in [0.3, 0.4) is 0 Å². The van der Waals surface area contributed by atoms with Crippen LogP contribution < -0.4 is 0 Å². The average molecular weight is 245 g/mol. The molecule has 1 aliphatic heterocycles. The van der Waals surface area contributed by atoms with Crippen LogP contribution >= 0.6 is 0 Å². The number of hydrogen-bond acceptors (Lipinski definition) is 4. The number of carboxylic acid groups (broad SMARTS) is 1. The van der Waals surface area contributed by atoms with Crippen molar-refractivity contribution in [2.75, 3.05) is 6.54 Å². The minimum Gasteiger partial charge on any atom is -0.481 e. The fourth-order valence-corrected chi connectivity index (χ4v) is 1.96. The Morgan fingerprint density at radius 3 is 3.06 bits per heavy atom. The van der Waals surface area contributed by atoms with Crippen LogP contribution in [-0.2, 0) is 16.1 Å². The van der Waals surface area contributed by atoms with E-state index < -0.39 is 11.9 Å². The minimum atomic E-state index is -0.961. The largest absolute Gasteiger partial charge is 0.481 e. The van der Waals surface area contributed by atoms with Gasteiger partial charge in [-0.2, -0.15) is 5.26 Å². The number of carbonyl (C=O) groups excluding carboxylic acids is 1. The molecule has 1 atom stereocenters. The normalized spacial score (nSPS) is 18.7. The number of rotatable bonds is 3. The highest BCUT2D eigenvalue weighted by Gasteiger charge is 2.34. The number of nitriles is 1. The molecule has 18 heavy (non-hydrogen) atoms. The van der Waals surface area contributed by atoms with E-state index in [0.717, 1.165) is 0 Å². The van der Waals surface area contributed by atoms with Crippen LogP contribution in [0.2, 0.25) is 0 Å². The van der Waals surface area contributed by atoms with Crippen molar-refractivity contribution >= 4 is 11.9 Å². The molecule has 2 heterocycles. The fourth-order valence-electron chi connectivity index (χ4n) is 1.96. The van der Waals surface area contributed by atoms with Gasteiger partial charge in [-0.15, -0.1) is 0 Å². The molecule has 2 rings (SSSR count). The van der Waals surface area contributed by atoms with Gasteiger partial charge in [-0.1, -0.05) is 6.07 Å². The molecule has 0 radical (unpaired) electrons. The van der Waals surface area contributed by atoms with Gasteiger partial charge in [0.25, 0.3) is 0 Å². The second kappa shape index (κ2) is 4.84. The molecule has 1 aliphatic rings. The van der Waals surface area contributed by atoms with Gasteiger partial charge >= 0.3 is 5.97 Å². The fraction of sp³-hybridized carbons (Fsp3) is 0.333. The van der Waals surface area contributed by atoms with Crippen LogP contribution in [0.25, 0.3) is 0 Å². The summed E-state index contributed by atoms with van der Waals surface area (Å²) >= 11 is 0. The van der Waals surface area contributed by atoms with Gasteiger partial charge in [0.2, 0.25) is 5.91 Å². The van der Waals surface area contributed by atoms with Crippen molar-refractivity contribution in [3.05, 3.63) is 29.6 Å². The molecule has 1 unspecified atom stereocenters. The predicted molar refractivity (Wildman–Crippen MR) is 60.1 cm³/mol. The van der Waals surface area contributed by atoms with Crippen molar-refractivity contribution < 1.29 is 14.7 Å². The zero-order valence-corrected chi connectivity index (χ0v) is 9.54. The van der Waals surface area contributed by atoms with Crippen molar-refractivity contribution in [1.29, 1.82) is 5.26 Å². The number of carboxylic acids is 1. The lowest BCUT2D eigenvalue weighted by Gasteiger charge is -2.16. The van der Waals surface area contributed by atoms with E-state index in [9.17, 15) is 9.59 Å². The topological polar surface area (TPSA) is 94.3 Å². The highest BCUT2D eigenvalue weighted by molar-refractivity contribution is 5.86. The summed E-state index contributed by atoms with van der Waals surface area (Å²) in [6.45, 7) is 0.424. The number of amides is 1. The number of aliphatic carboxylic acids is 1. The van der Waals surface area contributed by atoms with Crippen LogP contribution in [0.4, 0.5) is 0 Å². The standard InChI is InChI=1S/C12H11N3O3/c13-5-10-8(2-1-3-14-10)6-15-7-9(12(17)18)4-11(15)16/h1-3,9H,4,6-7H2,(H,17,18). The van der Waals surface area contributed by atoms with Crippen LogP contribution in [0.5, 0.6) is 0 Å². The quantitative estimate of drug-likeness (QED) is 0.831. The first-order chi connectivity index (χ1) is 8.61. The van der Waals surface area contributed by atoms with Crippen LogP contribution in [0.1, 0.15) is 17.7 Å². The SMILES string of the molecule is N#Cc1ncccc1CN1CC(C(=O)O)CC1=O. The highest BCUT2D eigenvalue weighted by Crippen LogP contribution is 2.20. The molecule has 0 bridgehead atoms. The first-order valence-electron chi connectivity index (χ1n) is 5.46. The summed E-state index contributed by atoms with van der Waals surface area (Å²) in [5.41, 5.74) is 0.906. The maximum atomic E-state index is 11.7. The number of carbonyl (C=O) groups is 2. The number of nitrogens with zero attached hydrogens (tertiary/aromatic N) is 3. The van der Waals surface area contributed by atoms with E-state index >= 15 is 0 Å². The molecule has 1 amide bonds. The molecule has 1 aromatic rings. The summed E-state index contributed by atoms with van der Waals surface area (Å²) in [5.74, 6) is -1.81. The first-order valence-corrected chi connectivity index (χ1v) is 5.46. The molecule has 0 aliphatic carbocycles. The molecule has 0 aromatic carbocycles. The number of hydrogen-bond donors (Lipinski definition) is 1. The second-order valence-corrected chi connectivity index (χ2v) is 4.14. The van der Waals surface area contributed by atoms with E-state index in [4.69, 9.17) is 10.4 Å². The average Bonchev–Trinajstić information content (AvgIpc) is 2.72. The molecular formula is C12H11N3O3. The Kier molecular flexibility index (Phi) is 3.24. The van der Waals surface area contributed by atoms with E-state index in [1.54, 1.807) is 12.1 Å². The predicted octanol–water partition coefficient (Wildman–Crippen LogP) is 0.386. The second-order valence-electron chi connectivity index (χ2n) is 4.14. The van der Waals surface area contributed by atoms with E-state index in [-0.39, 0.29) is 31.1 Å². The van der Waals surface area contributed by atoms with Gasteiger partial charge in [0, 0.05) is 31.3 Å². The third kappa shape index (κ3) is 2.30. The smallest absolute Gasteiger partial charge is 0.308 e. The third-order valence-electron chi connectivity index (χ3n) is 2.92. The van der Waals surface area contributed by atoms with Crippen LogP contribution in [0, 0.1) is 17.2 Å².